The van der Waals surface area contributed by atoms with Crippen molar-refractivity contribution in [1.82, 2.24) is 9.80 Å². The van der Waals surface area contributed by atoms with Gasteiger partial charge in [-0.25, -0.2) is 0 Å². The van der Waals surface area contributed by atoms with Gasteiger partial charge in [0.15, 0.2) is 0 Å². The molecule has 0 bridgehead atoms. The number of hydrogen-bond acceptors (Lipinski definition) is 8. The van der Waals surface area contributed by atoms with Crippen molar-refractivity contribution in [3.63, 3.8) is 0 Å². The van der Waals surface area contributed by atoms with E-state index in [9.17, 15) is 9.59 Å². The summed E-state index contributed by atoms with van der Waals surface area (Å²) in [6, 6.07) is 17.7. The van der Waals surface area contributed by atoms with Gasteiger partial charge in [-0.05, 0) is 101 Å². The fourth-order valence-electron chi connectivity index (χ4n) is 9.20. The van der Waals surface area contributed by atoms with Gasteiger partial charge >= 0.3 is 11.9 Å². The average molecular weight is 745 g/mol. The number of ether oxygens (including phenoxy) is 2. The molecule has 2 atom stereocenters. The average Bonchev–Trinajstić information content (AvgIpc) is 3.70. The monoisotopic (exact) mass is 745 g/mol. The van der Waals surface area contributed by atoms with Crippen molar-refractivity contribution in [2.24, 2.45) is 10.8 Å². The first-order chi connectivity index (χ1) is 26.0. The van der Waals surface area contributed by atoms with Gasteiger partial charge in [0, 0.05) is 76.6 Å². The number of para-hydroxylation sites is 1. The maximum Gasteiger partial charge on any atom is 0.312 e. The number of aryl methyl sites for hydroxylation is 1. The third-order valence-corrected chi connectivity index (χ3v) is 13.4. The highest BCUT2D eigenvalue weighted by atomic mass is 16.6. The fourth-order valence-corrected chi connectivity index (χ4v) is 9.20. The van der Waals surface area contributed by atoms with E-state index >= 15 is 0 Å². The highest BCUT2D eigenvalue weighted by Crippen LogP contribution is 2.42. The number of hydrogen-bond donors (Lipinski definition) is 0. The molecule has 0 saturated carbocycles. The van der Waals surface area contributed by atoms with Gasteiger partial charge in [0.2, 0.25) is 0 Å². The van der Waals surface area contributed by atoms with Gasteiger partial charge in [-0.3, -0.25) is 19.4 Å². The minimum atomic E-state index is -0.208. The summed E-state index contributed by atoms with van der Waals surface area (Å²) < 4.78 is 11.4. The van der Waals surface area contributed by atoms with Crippen molar-refractivity contribution in [1.29, 1.82) is 0 Å². The Hall–Kier alpha value is -3.10. The second-order valence-corrected chi connectivity index (χ2v) is 16.9. The Bertz CT molecular complexity index is 1450. The summed E-state index contributed by atoms with van der Waals surface area (Å²) in [6.45, 7) is 26.2. The summed E-state index contributed by atoms with van der Waals surface area (Å²) in [4.78, 5) is 34.6. The Balaban J connectivity index is 0.000000208. The molecule has 300 valence electrons. The van der Waals surface area contributed by atoms with Crippen LogP contribution < -0.4 is 9.80 Å². The molecule has 0 aliphatic carbocycles. The van der Waals surface area contributed by atoms with Crippen LogP contribution in [0.4, 0.5) is 11.4 Å². The lowest BCUT2D eigenvalue weighted by atomic mass is 9.79. The number of nitrogens with zero attached hydrogens (tertiary/aromatic N) is 4. The molecule has 4 saturated heterocycles. The number of benzene rings is 2. The standard InChI is InChI=1S/C24H38N2O2.C22H34N2O2/c1-5-24(6-2)18-20(28-23(24)27)10-9-13-25-14-16-26(17-15-25)22-12-8-7-11-21(22)19(3)4;1-4-22(5-2)17-20(26-21(22)25)7-6-12-23-13-15-24(16-14-23)19-10-8-18(3)9-11-19/h7-8,11-12,19-20H,5-6,9-10,13-18H2,1-4H3;8-11,20H,4-7,12-17H2,1-3H3. The first-order valence-corrected chi connectivity index (χ1v) is 21.6. The van der Waals surface area contributed by atoms with E-state index in [1.165, 1.54) is 22.5 Å². The Morgan fingerprint density at radius 1 is 0.630 bits per heavy atom. The van der Waals surface area contributed by atoms with Crippen LogP contribution >= 0.6 is 0 Å². The largest absolute Gasteiger partial charge is 0.462 e. The number of carbonyl (C=O) groups excluding carboxylic acids is 2. The predicted octanol–water partition coefficient (Wildman–Crippen LogP) is 8.85. The molecule has 2 unspecified atom stereocenters. The molecule has 4 heterocycles. The van der Waals surface area contributed by atoms with E-state index < -0.39 is 0 Å². The quantitative estimate of drug-likeness (QED) is 0.168. The highest BCUT2D eigenvalue weighted by molar-refractivity contribution is 5.79. The summed E-state index contributed by atoms with van der Waals surface area (Å²) in [5, 5.41) is 0. The van der Waals surface area contributed by atoms with Crippen molar-refractivity contribution in [3.8, 4) is 0 Å². The van der Waals surface area contributed by atoms with E-state index in [-0.39, 0.29) is 35.0 Å². The lowest BCUT2D eigenvalue weighted by Gasteiger charge is -2.37. The zero-order valence-electron chi connectivity index (χ0n) is 34.9. The molecule has 0 aromatic heterocycles. The molecular formula is C46H72N4O4. The third-order valence-electron chi connectivity index (χ3n) is 13.4. The molecule has 0 N–H and O–H groups in total. The first kappa shape index (κ1) is 42.1. The van der Waals surface area contributed by atoms with E-state index in [4.69, 9.17) is 9.47 Å². The van der Waals surface area contributed by atoms with Gasteiger partial charge in [0.25, 0.3) is 0 Å². The molecule has 2 aromatic carbocycles. The Labute approximate surface area is 327 Å². The molecule has 8 heteroatoms. The summed E-state index contributed by atoms with van der Waals surface area (Å²) >= 11 is 0. The molecule has 4 aliphatic rings. The number of rotatable bonds is 15. The van der Waals surface area contributed by atoms with Gasteiger partial charge in [-0.1, -0.05) is 77.4 Å². The van der Waals surface area contributed by atoms with Gasteiger partial charge in [-0.15, -0.1) is 0 Å². The Morgan fingerprint density at radius 2 is 1.07 bits per heavy atom. The third kappa shape index (κ3) is 10.4. The van der Waals surface area contributed by atoms with Crippen LogP contribution in [-0.2, 0) is 19.1 Å². The van der Waals surface area contributed by atoms with Crippen LogP contribution in [0.25, 0.3) is 0 Å². The maximum absolute atomic E-state index is 12.2. The van der Waals surface area contributed by atoms with Crippen LogP contribution in [0.15, 0.2) is 48.5 Å². The lowest BCUT2D eigenvalue weighted by molar-refractivity contribution is -0.150. The zero-order valence-corrected chi connectivity index (χ0v) is 34.9. The minimum absolute atomic E-state index is 0.0409. The first-order valence-electron chi connectivity index (χ1n) is 21.6. The van der Waals surface area contributed by atoms with E-state index in [2.05, 4.69) is 117 Å². The zero-order chi connectivity index (χ0) is 38.7. The van der Waals surface area contributed by atoms with Crippen LogP contribution in [0.3, 0.4) is 0 Å². The second kappa shape index (κ2) is 19.7. The normalized spacial score (nSPS) is 23.0. The number of esters is 2. The summed E-state index contributed by atoms with van der Waals surface area (Å²) in [6.07, 6.45) is 9.95. The van der Waals surface area contributed by atoms with Crippen LogP contribution in [0, 0.1) is 17.8 Å². The lowest BCUT2D eigenvalue weighted by Crippen LogP contribution is -2.47. The van der Waals surface area contributed by atoms with Gasteiger partial charge in [-0.2, -0.15) is 0 Å². The predicted molar refractivity (Wildman–Crippen MR) is 223 cm³/mol. The van der Waals surface area contributed by atoms with Crippen molar-refractivity contribution >= 4 is 23.3 Å². The molecular weight excluding hydrogens is 673 g/mol. The Kier molecular flexibility index (Phi) is 15.3. The number of anilines is 2. The van der Waals surface area contributed by atoms with Crippen molar-refractivity contribution in [3.05, 3.63) is 59.7 Å². The van der Waals surface area contributed by atoms with Crippen molar-refractivity contribution < 1.29 is 19.1 Å². The molecule has 0 spiro atoms. The second-order valence-electron chi connectivity index (χ2n) is 16.9. The SMILES string of the molecule is CCC1(CC)CC(CCCN2CCN(c3ccc(C)cc3)CC2)OC1=O.CCC1(CC)CC(CCCN2CCN(c3ccccc3C(C)C)CC2)OC1=O. The smallest absolute Gasteiger partial charge is 0.312 e. The van der Waals surface area contributed by atoms with E-state index in [0.29, 0.717) is 5.92 Å². The maximum atomic E-state index is 12.2. The number of piperazine rings is 2. The molecule has 2 aromatic rings. The van der Waals surface area contributed by atoms with Gasteiger partial charge in [0.05, 0.1) is 10.8 Å². The summed E-state index contributed by atoms with van der Waals surface area (Å²) in [5.74, 6) is 0.640. The number of carbonyl (C=O) groups is 2. The van der Waals surface area contributed by atoms with E-state index in [1.54, 1.807) is 0 Å². The summed E-state index contributed by atoms with van der Waals surface area (Å²) in [5.41, 5.74) is 5.10. The fraction of sp³-hybridized carbons (Fsp3) is 0.696. The van der Waals surface area contributed by atoms with Crippen LogP contribution in [0.5, 0.6) is 0 Å². The van der Waals surface area contributed by atoms with Gasteiger partial charge < -0.3 is 19.3 Å². The molecule has 4 fully saturated rings. The summed E-state index contributed by atoms with van der Waals surface area (Å²) in [7, 11) is 0. The number of cyclic esters (lactones) is 2. The Morgan fingerprint density at radius 3 is 1.50 bits per heavy atom. The van der Waals surface area contributed by atoms with Crippen LogP contribution in [-0.4, -0.2) is 99.4 Å². The van der Waals surface area contributed by atoms with E-state index in [1.807, 2.05) is 0 Å². The van der Waals surface area contributed by atoms with Crippen molar-refractivity contribution in [2.75, 3.05) is 75.2 Å². The van der Waals surface area contributed by atoms with Crippen LogP contribution in [0.1, 0.15) is 123 Å². The van der Waals surface area contributed by atoms with Crippen molar-refractivity contribution in [2.45, 2.75) is 131 Å². The topological polar surface area (TPSA) is 65.6 Å². The molecule has 0 radical (unpaired) electrons. The molecule has 8 nitrogen and oxygen atoms in total. The van der Waals surface area contributed by atoms with E-state index in [0.717, 1.165) is 130 Å². The molecule has 4 aliphatic heterocycles. The van der Waals surface area contributed by atoms with Crippen LogP contribution in [0.2, 0.25) is 0 Å². The molecule has 6 rings (SSSR count). The molecule has 54 heavy (non-hydrogen) atoms. The van der Waals surface area contributed by atoms with Gasteiger partial charge in [0.1, 0.15) is 12.2 Å². The molecule has 0 amide bonds. The minimum Gasteiger partial charge on any atom is -0.462 e. The highest BCUT2D eigenvalue weighted by Gasteiger charge is 2.47.